The third-order valence-electron chi connectivity index (χ3n) is 6.40. The van der Waals surface area contributed by atoms with Gasteiger partial charge in [-0.25, -0.2) is 14.8 Å². The summed E-state index contributed by atoms with van der Waals surface area (Å²) in [4.78, 5) is 33.8. The van der Waals surface area contributed by atoms with Crippen molar-refractivity contribution in [2.24, 2.45) is 5.92 Å². The number of carbonyl (C=O) groups excluding carboxylic acids is 2. The second-order valence-corrected chi connectivity index (χ2v) is 9.85. The van der Waals surface area contributed by atoms with Gasteiger partial charge in [-0.3, -0.25) is 4.79 Å². The maximum atomic E-state index is 13.7. The van der Waals surface area contributed by atoms with Crippen LogP contribution < -0.4 is 5.32 Å². The van der Waals surface area contributed by atoms with E-state index in [0.29, 0.717) is 11.4 Å². The number of nitrogens with one attached hydrogen (secondary N) is 1. The Labute approximate surface area is 200 Å². The number of anilines is 1. The lowest BCUT2D eigenvalue weighted by atomic mass is 9.81. The van der Waals surface area contributed by atoms with Crippen molar-refractivity contribution in [1.29, 1.82) is 0 Å². The second-order valence-electron chi connectivity index (χ2n) is 8.79. The number of ether oxygens (including phenoxy) is 1. The van der Waals surface area contributed by atoms with E-state index in [1.54, 1.807) is 23.5 Å². The number of fused-ring (bicyclic) bond motifs is 1. The van der Waals surface area contributed by atoms with Gasteiger partial charge in [0.05, 0.1) is 33.6 Å². The normalized spacial score (nSPS) is 18.6. The molecule has 0 radical (unpaired) electrons. The number of halogens is 2. The third kappa shape index (κ3) is 5.09. The topological polar surface area (TPSA) is 81.2 Å². The van der Waals surface area contributed by atoms with Gasteiger partial charge in [0.2, 0.25) is 0 Å². The van der Waals surface area contributed by atoms with Gasteiger partial charge in [0, 0.05) is 12.8 Å². The molecule has 6 nitrogen and oxygen atoms in total. The standard InChI is InChI=1S/C25H27F2N3O3S/c1-4-14-8-10-15(11-9-14)23-30-19-12-16(24(32)33-3)18(13-20(19)34-23)29-22(31)17-6-5-7-21(28-17)25(2,26)27/h5-7,12-15H,4,8-11H2,1-3H3,(H,29,31). The van der Waals surface area contributed by atoms with Gasteiger partial charge in [0.25, 0.3) is 11.8 Å². The lowest BCUT2D eigenvalue weighted by Crippen LogP contribution is -2.19. The van der Waals surface area contributed by atoms with Crippen LogP contribution in [0.4, 0.5) is 14.5 Å². The van der Waals surface area contributed by atoms with Crippen molar-refractivity contribution in [3.63, 3.8) is 0 Å². The van der Waals surface area contributed by atoms with Gasteiger partial charge >= 0.3 is 5.97 Å². The van der Waals surface area contributed by atoms with E-state index in [-0.39, 0.29) is 16.9 Å². The van der Waals surface area contributed by atoms with Crippen LogP contribution in [0.25, 0.3) is 10.2 Å². The average Bonchev–Trinajstić information content (AvgIpc) is 3.25. The largest absolute Gasteiger partial charge is 0.465 e. The van der Waals surface area contributed by atoms with Crippen molar-refractivity contribution >= 4 is 39.1 Å². The summed E-state index contributed by atoms with van der Waals surface area (Å²) in [5, 5.41) is 3.68. The third-order valence-corrected chi connectivity index (χ3v) is 7.58. The van der Waals surface area contributed by atoms with Gasteiger partial charge in [-0.2, -0.15) is 8.78 Å². The molecule has 180 valence electrons. The number of nitrogens with zero attached hydrogens (tertiary/aromatic N) is 2. The minimum Gasteiger partial charge on any atom is -0.465 e. The molecule has 0 unspecified atom stereocenters. The van der Waals surface area contributed by atoms with E-state index in [1.165, 1.54) is 38.5 Å². The average molecular weight is 488 g/mol. The molecule has 2 heterocycles. The molecule has 0 atom stereocenters. The molecule has 9 heteroatoms. The minimum atomic E-state index is -3.18. The number of rotatable bonds is 6. The molecule has 0 bridgehead atoms. The monoisotopic (exact) mass is 487 g/mol. The first-order valence-electron chi connectivity index (χ1n) is 11.4. The number of pyridine rings is 1. The van der Waals surface area contributed by atoms with Gasteiger partial charge in [-0.1, -0.05) is 19.4 Å². The Morgan fingerprint density at radius 1 is 1.18 bits per heavy atom. The molecule has 4 rings (SSSR count). The highest BCUT2D eigenvalue weighted by Gasteiger charge is 2.28. The molecule has 1 N–H and O–H groups in total. The van der Waals surface area contributed by atoms with E-state index in [1.807, 2.05) is 0 Å². The van der Waals surface area contributed by atoms with Gasteiger partial charge in [0.15, 0.2) is 0 Å². The number of hydrogen-bond acceptors (Lipinski definition) is 6. The summed E-state index contributed by atoms with van der Waals surface area (Å²) in [5.74, 6) is -3.34. The van der Waals surface area contributed by atoms with E-state index in [9.17, 15) is 18.4 Å². The minimum absolute atomic E-state index is 0.145. The fourth-order valence-corrected chi connectivity index (χ4v) is 5.52. The fourth-order valence-electron chi connectivity index (χ4n) is 4.36. The van der Waals surface area contributed by atoms with E-state index in [4.69, 9.17) is 9.72 Å². The Morgan fingerprint density at radius 3 is 2.56 bits per heavy atom. The Bertz CT molecular complexity index is 1210. The predicted molar refractivity (Wildman–Crippen MR) is 128 cm³/mol. The van der Waals surface area contributed by atoms with Crippen LogP contribution >= 0.6 is 11.3 Å². The molecule has 34 heavy (non-hydrogen) atoms. The number of carbonyl (C=O) groups is 2. The molecule has 3 aromatic rings. The lowest BCUT2D eigenvalue weighted by molar-refractivity contribution is 0.0126. The van der Waals surface area contributed by atoms with Gasteiger partial charge in [-0.05, 0) is 55.9 Å². The highest BCUT2D eigenvalue weighted by molar-refractivity contribution is 7.18. The number of hydrogen-bond donors (Lipinski definition) is 1. The summed E-state index contributed by atoms with van der Waals surface area (Å²) >= 11 is 1.55. The molecular formula is C25H27F2N3O3S. The molecule has 1 fully saturated rings. The van der Waals surface area contributed by atoms with E-state index in [2.05, 4.69) is 17.2 Å². The Hall–Kier alpha value is -2.94. The fraction of sp³-hybridized carbons (Fsp3) is 0.440. The van der Waals surface area contributed by atoms with Crippen molar-refractivity contribution in [2.45, 2.75) is 57.8 Å². The predicted octanol–water partition coefficient (Wildman–Crippen LogP) is 6.53. The van der Waals surface area contributed by atoms with Crippen molar-refractivity contribution in [3.05, 3.63) is 52.3 Å². The Balaban J connectivity index is 1.65. The van der Waals surface area contributed by atoms with Crippen LogP contribution in [0.1, 0.15) is 83.4 Å². The molecule has 2 aromatic heterocycles. The van der Waals surface area contributed by atoms with E-state index >= 15 is 0 Å². The van der Waals surface area contributed by atoms with Crippen molar-refractivity contribution < 1.29 is 23.1 Å². The Kier molecular flexibility index (Phi) is 6.93. The van der Waals surface area contributed by atoms with Crippen LogP contribution in [-0.2, 0) is 10.7 Å². The molecule has 0 aliphatic heterocycles. The number of esters is 1. The highest BCUT2D eigenvalue weighted by atomic mass is 32.1. The smallest absolute Gasteiger partial charge is 0.340 e. The SMILES string of the molecule is CCC1CCC(c2nc3cc(C(=O)OC)c(NC(=O)c4cccc(C(C)(F)F)n4)cc3s2)CC1. The van der Waals surface area contributed by atoms with Crippen molar-refractivity contribution in [2.75, 3.05) is 12.4 Å². The zero-order valence-corrected chi connectivity index (χ0v) is 20.2. The summed E-state index contributed by atoms with van der Waals surface area (Å²) in [5.41, 5.74) is 0.361. The van der Waals surface area contributed by atoms with Crippen LogP contribution in [0.3, 0.4) is 0 Å². The molecular weight excluding hydrogens is 460 g/mol. The summed E-state index contributed by atoms with van der Waals surface area (Å²) in [7, 11) is 1.26. The van der Waals surface area contributed by atoms with Crippen LogP contribution in [0.5, 0.6) is 0 Å². The summed E-state index contributed by atoms with van der Waals surface area (Å²) in [6.07, 6.45) is 5.76. The lowest BCUT2D eigenvalue weighted by Gasteiger charge is -2.26. The zero-order chi connectivity index (χ0) is 24.5. The van der Waals surface area contributed by atoms with E-state index in [0.717, 1.165) is 41.5 Å². The van der Waals surface area contributed by atoms with Crippen LogP contribution in [-0.4, -0.2) is 29.0 Å². The second kappa shape index (κ2) is 9.74. The molecule has 1 aliphatic carbocycles. The summed E-state index contributed by atoms with van der Waals surface area (Å²) in [6.45, 7) is 2.95. The zero-order valence-electron chi connectivity index (χ0n) is 19.4. The molecule has 1 amide bonds. The number of methoxy groups -OCH3 is 1. The summed E-state index contributed by atoms with van der Waals surface area (Å²) in [6, 6.07) is 7.16. The number of benzene rings is 1. The van der Waals surface area contributed by atoms with Gasteiger partial charge < -0.3 is 10.1 Å². The number of thiazole rings is 1. The maximum Gasteiger partial charge on any atom is 0.340 e. The van der Waals surface area contributed by atoms with Crippen molar-refractivity contribution in [3.8, 4) is 0 Å². The number of alkyl halides is 2. The number of aromatic nitrogens is 2. The van der Waals surface area contributed by atoms with Crippen LogP contribution in [0, 0.1) is 5.92 Å². The quantitative estimate of drug-likeness (QED) is 0.400. The van der Waals surface area contributed by atoms with Gasteiger partial charge in [-0.15, -0.1) is 11.3 Å². The highest BCUT2D eigenvalue weighted by Crippen LogP contribution is 2.40. The first-order chi connectivity index (χ1) is 16.2. The first-order valence-corrected chi connectivity index (χ1v) is 12.2. The Morgan fingerprint density at radius 2 is 1.91 bits per heavy atom. The molecule has 0 saturated heterocycles. The molecule has 1 aliphatic rings. The molecule has 0 spiro atoms. The van der Waals surface area contributed by atoms with E-state index < -0.39 is 23.5 Å². The molecule has 1 aromatic carbocycles. The number of amides is 1. The van der Waals surface area contributed by atoms with Crippen LogP contribution in [0.15, 0.2) is 30.3 Å². The first kappa shape index (κ1) is 24.2. The summed E-state index contributed by atoms with van der Waals surface area (Å²) < 4.78 is 33.0. The maximum absolute atomic E-state index is 13.7. The van der Waals surface area contributed by atoms with Gasteiger partial charge in [0.1, 0.15) is 11.4 Å². The van der Waals surface area contributed by atoms with Crippen molar-refractivity contribution in [1.82, 2.24) is 9.97 Å². The van der Waals surface area contributed by atoms with Crippen LogP contribution in [0.2, 0.25) is 0 Å². The molecule has 1 saturated carbocycles.